The maximum Gasteiger partial charge on any atom is 0.408 e. The number of nitrogens with one attached hydrogen (secondary N) is 4. The molecule has 1 fully saturated rings. The second kappa shape index (κ2) is 15.3. The van der Waals surface area contributed by atoms with E-state index in [4.69, 9.17) is 9.47 Å². The largest absolute Gasteiger partial charge is 0.463 e. The molecule has 1 heterocycles. The van der Waals surface area contributed by atoms with E-state index in [0.717, 1.165) is 0 Å². The number of hydrogen-bond acceptors (Lipinski definition) is 8. The molecule has 38 heavy (non-hydrogen) atoms. The molecule has 5 atom stereocenters. The summed E-state index contributed by atoms with van der Waals surface area (Å²) in [7, 11) is 0. The summed E-state index contributed by atoms with van der Waals surface area (Å²) in [6.07, 6.45) is 1.62. The van der Waals surface area contributed by atoms with Crippen LogP contribution in [0.3, 0.4) is 0 Å². The smallest absolute Gasteiger partial charge is 0.408 e. The molecule has 1 unspecified atom stereocenters. The highest BCUT2D eigenvalue weighted by molar-refractivity contribution is 5.92. The summed E-state index contributed by atoms with van der Waals surface area (Å²) in [5, 5.41) is 20.7. The molecule has 1 aliphatic rings. The molecule has 1 aliphatic heterocycles. The monoisotopic (exact) mass is 540 g/mol. The number of aliphatic hydroxyl groups is 1. The lowest BCUT2D eigenvalue weighted by molar-refractivity contribution is -0.137. The Balaban J connectivity index is 3.04. The van der Waals surface area contributed by atoms with Gasteiger partial charge in [-0.05, 0) is 59.8 Å². The van der Waals surface area contributed by atoms with E-state index in [-0.39, 0.29) is 37.2 Å². The molecule has 12 nitrogen and oxygen atoms in total. The lowest BCUT2D eigenvalue weighted by Crippen LogP contribution is -2.58. The normalized spacial score (nSPS) is 18.8. The van der Waals surface area contributed by atoms with Crippen molar-refractivity contribution >= 4 is 29.8 Å². The van der Waals surface area contributed by atoms with E-state index in [2.05, 4.69) is 21.3 Å². The Morgan fingerprint density at radius 1 is 1.11 bits per heavy atom. The van der Waals surface area contributed by atoms with Gasteiger partial charge in [-0.3, -0.25) is 14.4 Å². The van der Waals surface area contributed by atoms with Gasteiger partial charge in [0.1, 0.15) is 17.7 Å². The SMILES string of the molecule is CCOC(=O)C=C[C@H](C[C@@H]1CCNC1=O)NC(=O)[C@H](CC(C)C)NC(=O)[C@@H](NC(=O)OC(C)(C)C)C(C)O. The predicted octanol–water partition coefficient (Wildman–Crippen LogP) is 0.922. The van der Waals surface area contributed by atoms with Crippen LogP contribution in [-0.2, 0) is 28.7 Å². The first-order chi connectivity index (χ1) is 17.6. The minimum absolute atomic E-state index is 0.00370. The van der Waals surface area contributed by atoms with Gasteiger partial charge in [0.25, 0.3) is 0 Å². The Kier molecular flexibility index (Phi) is 13.2. The van der Waals surface area contributed by atoms with Crippen molar-refractivity contribution in [2.75, 3.05) is 13.2 Å². The van der Waals surface area contributed by atoms with Crippen molar-refractivity contribution in [2.24, 2.45) is 11.8 Å². The van der Waals surface area contributed by atoms with Crippen molar-refractivity contribution < 1.29 is 38.6 Å². The van der Waals surface area contributed by atoms with Gasteiger partial charge in [0, 0.05) is 24.6 Å². The van der Waals surface area contributed by atoms with E-state index < -0.39 is 53.7 Å². The van der Waals surface area contributed by atoms with E-state index in [1.807, 2.05) is 13.8 Å². The van der Waals surface area contributed by atoms with E-state index in [9.17, 15) is 29.1 Å². The number of carbonyl (C=O) groups is 5. The van der Waals surface area contributed by atoms with Crippen LogP contribution < -0.4 is 21.3 Å². The second-order valence-corrected chi connectivity index (χ2v) is 10.8. The highest BCUT2D eigenvalue weighted by Crippen LogP contribution is 2.17. The van der Waals surface area contributed by atoms with Crippen molar-refractivity contribution in [3.63, 3.8) is 0 Å². The van der Waals surface area contributed by atoms with Crippen LogP contribution in [0, 0.1) is 11.8 Å². The predicted molar refractivity (Wildman–Crippen MR) is 140 cm³/mol. The quantitative estimate of drug-likeness (QED) is 0.169. The molecular weight excluding hydrogens is 496 g/mol. The molecule has 5 N–H and O–H groups in total. The summed E-state index contributed by atoms with van der Waals surface area (Å²) in [5.41, 5.74) is -0.813. The third kappa shape index (κ3) is 12.4. The molecule has 0 aliphatic carbocycles. The Morgan fingerprint density at radius 2 is 1.76 bits per heavy atom. The van der Waals surface area contributed by atoms with Crippen LogP contribution in [0.25, 0.3) is 0 Å². The van der Waals surface area contributed by atoms with Gasteiger partial charge in [-0.15, -0.1) is 0 Å². The summed E-state index contributed by atoms with van der Waals surface area (Å²) >= 11 is 0. The highest BCUT2D eigenvalue weighted by atomic mass is 16.6. The average Bonchev–Trinajstić information content (AvgIpc) is 3.17. The molecule has 1 saturated heterocycles. The second-order valence-electron chi connectivity index (χ2n) is 10.8. The number of carbonyl (C=O) groups excluding carboxylic acids is 5. The molecular formula is C26H44N4O8. The maximum absolute atomic E-state index is 13.3. The fraction of sp³-hybridized carbons (Fsp3) is 0.731. The molecule has 0 aromatic rings. The third-order valence-electron chi connectivity index (χ3n) is 5.56. The zero-order chi connectivity index (χ0) is 29.0. The lowest BCUT2D eigenvalue weighted by atomic mass is 9.96. The van der Waals surface area contributed by atoms with E-state index in [1.165, 1.54) is 19.1 Å². The summed E-state index contributed by atoms with van der Waals surface area (Å²) < 4.78 is 10.1. The highest BCUT2D eigenvalue weighted by Gasteiger charge is 2.33. The van der Waals surface area contributed by atoms with Gasteiger partial charge in [0.15, 0.2) is 0 Å². The number of ether oxygens (including phenoxy) is 2. The van der Waals surface area contributed by atoms with Gasteiger partial charge in [-0.2, -0.15) is 0 Å². The van der Waals surface area contributed by atoms with Gasteiger partial charge in [0.05, 0.1) is 12.7 Å². The van der Waals surface area contributed by atoms with Crippen LogP contribution in [0.5, 0.6) is 0 Å². The molecule has 0 bridgehead atoms. The van der Waals surface area contributed by atoms with Crippen molar-refractivity contribution in [2.45, 2.75) is 97.6 Å². The Bertz CT molecular complexity index is 866. The number of hydrogen-bond donors (Lipinski definition) is 5. The molecule has 0 saturated carbocycles. The number of amides is 4. The Labute approximate surface area is 224 Å². The topological polar surface area (TPSA) is 172 Å². The van der Waals surface area contributed by atoms with Crippen LogP contribution in [0.4, 0.5) is 4.79 Å². The molecule has 12 heteroatoms. The molecule has 0 spiro atoms. The third-order valence-corrected chi connectivity index (χ3v) is 5.56. The molecule has 1 rings (SSSR count). The van der Waals surface area contributed by atoms with Crippen LogP contribution in [0.15, 0.2) is 12.2 Å². The molecule has 0 radical (unpaired) electrons. The first kappa shape index (κ1) is 32.9. The van der Waals surface area contributed by atoms with Crippen molar-refractivity contribution in [1.29, 1.82) is 0 Å². The number of rotatable bonds is 13. The van der Waals surface area contributed by atoms with Crippen LogP contribution in [-0.4, -0.2) is 77.9 Å². The minimum atomic E-state index is -1.37. The van der Waals surface area contributed by atoms with E-state index in [1.54, 1.807) is 27.7 Å². The summed E-state index contributed by atoms with van der Waals surface area (Å²) in [6, 6.07) is -3.06. The first-order valence-corrected chi connectivity index (χ1v) is 13.0. The average molecular weight is 541 g/mol. The van der Waals surface area contributed by atoms with Gasteiger partial charge in [0.2, 0.25) is 17.7 Å². The minimum Gasteiger partial charge on any atom is -0.463 e. The zero-order valence-electron chi connectivity index (χ0n) is 23.5. The first-order valence-electron chi connectivity index (χ1n) is 13.0. The van der Waals surface area contributed by atoms with Gasteiger partial charge < -0.3 is 35.8 Å². The van der Waals surface area contributed by atoms with Gasteiger partial charge in [-0.25, -0.2) is 9.59 Å². The van der Waals surface area contributed by atoms with E-state index >= 15 is 0 Å². The fourth-order valence-electron chi connectivity index (χ4n) is 3.83. The molecule has 4 amide bonds. The Hall–Kier alpha value is -3.15. The molecule has 0 aromatic carbocycles. The van der Waals surface area contributed by atoms with Gasteiger partial charge in [-0.1, -0.05) is 19.9 Å². The molecule has 0 aromatic heterocycles. The van der Waals surface area contributed by atoms with Gasteiger partial charge >= 0.3 is 12.1 Å². The van der Waals surface area contributed by atoms with E-state index in [0.29, 0.717) is 13.0 Å². The van der Waals surface area contributed by atoms with Crippen molar-refractivity contribution in [1.82, 2.24) is 21.3 Å². The Morgan fingerprint density at radius 3 is 2.26 bits per heavy atom. The van der Waals surface area contributed by atoms with Crippen molar-refractivity contribution in [3.8, 4) is 0 Å². The van der Waals surface area contributed by atoms with Crippen LogP contribution in [0.1, 0.15) is 67.7 Å². The van der Waals surface area contributed by atoms with Crippen LogP contribution in [0.2, 0.25) is 0 Å². The number of esters is 1. The zero-order valence-corrected chi connectivity index (χ0v) is 23.5. The van der Waals surface area contributed by atoms with Crippen LogP contribution >= 0.6 is 0 Å². The fourth-order valence-corrected chi connectivity index (χ4v) is 3.83. The molecule has 216 valence electrons. The summed E-state index contributed by atoms with van der Waals surface area (Å²) in [6.45, 7) is 12.5. The van der Waals surface area contributed by atoms with Crippen molar-refractivity contribution in [3.05, 3.63) is 12.2 Å². The summed E-state index contributed by atoms with van der Waals surface area (Å²) in [4.78, 5) is 62.5. The standard InChI is InChI=1S/C26H44N4O8/c1-8-37-20(32)10-9-18(14-17-11-12-27-22(17)33)28-23(34)19(13-15(2)3)29-24(35)21(16(4)31)30-25(36)38-26(5,6)7/h9-10,15-19,21,31H,8,11-14H2,1-7H3,(H,27,33)(H,28,34)(H,29,35)(H,30,36)/t16?,17-,18+,19-,21-/m0/s1. The number of alkyl carbamates (subject to hydrolysis) is 1. The maximum atomic E-state index is 13.3. The summed E-state index contributed by atoms with van der Waals surface area (Å²) in [5.74, 6) is -2.35. The number of aliphatic hydroxyl groups excluding tert-OH is 1. The lowest BCUT2D eigenvalue weighted by Gasteiger charge is -2.28.